The highest BCUT2D eigenvalue weighted by Crippen LogP contribution is 2.28. The Balaban J connectivity index is 1.73. The summed E-state index contributed by atoms with van der Waals surface area (Å²) in [6.45, 7) is 3.70. The van der Waals surface area contributed by atoms with E-state index >= 15 is 0 Å². The van der Waals surface area contributed by atoms with Crippen LogP contribution in [0.15, 0.2) is 65.4 Å². The number of aromatic nitrogens is 4. The molecule has 0 aliphatic heterocycles. The van der Waals surface area contributed by atoms with E-state index in [9.17, 15) is 0 Å². The lowest BCUT2D eigenvalue weighted by Gasteiger charge is -2.07. The molecule has 3 heterocycles. The molecule has 0 aliphatic rings. The van der Waals surface area contributed by atoms with Crippen molar-refractivity contribution in [1.82, 2.24) is 20.1 Å². The summed E-state index contributed by atoms with van der Waals surface area (Å²) < 4.78 is 5.55. The molecule has 28 heavy (non-hydrogen) atoms. The number of benzene rings is 1. The molecule has 0 amide bonds. The topological polar surface area (TPSA) is 88.5 Å². The van der Waals surface area contributed by atoms with E-state index in [2.05, 4.69) is 21.2 Å². The molecule has 1 atom stereocenters. The number of nitrogens with zero attached hydrogens (tertiary/aromatic N) is 5. The van der Waals surface area contributed by atoms with Gasteiger partial charge >= 0.3 is 0 Å². The predicted octanol–water partition coefficient (Wildman–Crippen LogP) is 4.80. The second-order valence-corrected chi connectivity index (χ2v) is 6.45. The number of aryl methyl sites for hydroxylation is 1. The first-order valence-corrected chi connectivity index (χ1v) is 8.88. The average Bonchev–Trinajstić information content (AvgIpc) is 3.24. The largest absolute Gasteiger partial charge is 0.354 e. The quantitative estimate of drug-likeness (QED) is 0.515. The molecule has 6 heteroatoms. The summed E-state index contributed by atoms with van der Waals surface area (Å²) in [6.07, 6.45) is 3.39. The van der Waals surface area contributed by atoms with Crippen LogP contribution >= 0.6 is 0 Å². The van der Waals surface area contributed by atoms with Crippen LogP contribution in [0, 0.1) is 18.3 Å². The van der Waals surface area contributed by atoms with Crippen molar-refractivity contribution in [1.29, 1.82) is 5.26 Å². The van der Waals surface area contributed by atoms with Gasteiger partial charge in [0.05, 0.1) is 35.3 Å². The van der Waals surface area contributed by atoms with Crippen molar-refractivity contribution >= 4 is 0 Å². The lowest BCUT2D eigenvalue weighted by molar-refractivity contribution is 0.433. The molecule has 0 saturated carbocycles. The van der Waals surface area contributed by atoms with E-state index in [0.717, 1.165) is 22.5 Å². The summed E-state index contributed by atoms with van der Waals surface area (Å²) in [5, 5.41) is 13.3. The first-order chi connectivity index (χ1) is 13.7. The minimum atomic E-state index is -0.291. The molecule has 136 valence electrons. The first-order valence-electron chi connectivity index (χ1n) is 8.88. The van der Waals surface area contributed by atoms with Crippen LogP contribution in [0.25, 0.3) is 34.0 Å². The molecule has 0 N–H and O–H groups in total. The van der Waals surface area contributed by atoms with Crippen LogP contribution in [-0.2, 0) is 0 Å². The zero-order chi connectivity index (χ0) is 19.5. The molecular formula is C22H17N5O. The number of rotatable bonds is 4. The van der Waals surface area contributed by atoms with Crippen molar-refractivity contribution in [3.8, 4) is 40.0 Å². The summed E-state index contributed by atoms with van der Waals surface area (Å²) >= 11 is 0. The number of hydrogen-bond donors (Lipinski definition) is 0. The minimum absolute atomic E-state index is 0.291. The van der Waals surface area contributed by atoms with E-state index in [1.807, 2.05) is 62.4 Å². The summed E-state index contributed by atoms with van der Waals surface area (Å²) in [7, 11) is 0. The van der Waals surface area contributed by atoms with Crippen molar-refractivity contribution in [2.45, 2.75) is 19.8 Å². The Morgan fingerprint density at radius 1 is 1.00 bits per heavy atom. The molecule has 6 nitrogen and oxygen atoms in total. The molecular weight excluding hydrogens is 350 g/mol. The third kappa shape index (κ3) is 3.38. The van der Waals surface area contributed by atoms with Crippen LogP contribution in [0.5, 0.6) is 0 Å². The molecule has 1 aromatic carbocycles. The summed E-state index contributed by atoms with van der Waals surface area (Å²) in [4.78, 5) is 13.5. The van der Waals surface area contributed by atoms with E-state index < -0.39 is 0 Å². The van der Waals surface area contributed by atoms with E-state index in [-0.39, 0.29) is 5.92 Å². The Hall–Kier alpha value is -3.85. The molecule has 0 fully saturated rings. The van der Waals surface area contributed by atoms with Gasteiger partial charge in [0.2, 0.25) is 0 Å². The van der Waals surface area contributed by atoms with Gasteiger partial charge in [0.25, 0.3) is 0 Å². The van der Waals surface area contributed by atoms with Crippen LogP contribution in [0.4, 0.5) is 0 Å². The molecule has 0 spiro atoms. The van der Waals surface area contributed by atoms with Crippen LogP contribution in [-0.4, -0.2) is 20.1 Å². The molecule has 0 saturated heterocycles. The molecule has 0 bridgehead atoms. The maximum atomic E-state index is 9.14. The summed E-state index contributed by atoms with van der Waals surface area (Å²) in [5.74, 6) is 0.269. The van der Waals surface area contributed by atoms with Crippen molar-refractivity contribution < 1.29 is 4.52 Å². The molecule has 4 aromatic rings. The van der Waals surface area contributed by atoms with Gasteiger partial charge in [0.15, 0.2) is 5.76 Å². The minimum Gasteiger partial charge on any atom is -0.354 e. The highest BCUT2D eigenvalue weighted by atomic mass is 16.5. The third-order valence-corrected chi connectivity index (χ3v) is 4.48. The third-order valence-electron chi connectivity index (χ3n) is 4.48. The number of nitriles is 1. The zero-order valence-electron chi connectivity index (χ0n) is 15.5. The zero-order valence-corrected chi connectivity index (χ0v) is 15.5. The molecule has 3 aromatic heterocycles. The summed E-state index contributed by atoms with van der Waals surface area (Å²) in [6, 6.07) is 17.6. The van der Waals surface area contributed by atoms with Crippen LogP contribution in [0.2, 0.25) is 0 Å². The van der Waals surface area contributed by atoms with Gasteiger partial charge in [-0.2, -0.15) is 5.26 Å². The van der Waals surface area contributed by atoms with Crippen molar-refractivity contribution in [3.63, 3.8) is 0 Å². The number of hydrogen-bond acceptors (Lipinski definition) is 6. The predicted molar refractivity (Wildman–Crippen MR) is 105 cm³/mol. The van der Waals surface area contributed by atoms with Crippen LogP contribution in [0.1, 0.15) is 24.2 Å². The van der Waals surface area contributed by atoms with Gasteiger partial charge < -0.3 is 4.52 Å². The fraction of sp³-hybridized carbons (Fsp3) is 0.136. The fourth-order valence-electron chi connectivity index (χ4n) is 2.86. The molecule has 1 unspecified atom stereocenters. The first kappa shape index (κ1) is 17.6. The van der Waals surface area contributed by atoms with Gasteiger partial charge in [0, 0.05) is 23.4 Å². The van der Waals surface area contributed by atoms with E-state index in [0.29, 0.717) is 22.8 Å². The van der Waals surface area contributed by atoms with Crippen molar-refractivity contribution in [2.24, 2.45) is 0 Å². The van der Waals surface area contributed by atoms with Crippen LogP contribution in [0.3, 0.4) is 0 Å². The Labute approximate surface area is 162 Å². The van der Waals surface area contributed by atoms with E-state index in [1.165, 1.54) is 0 Å². The Morgan fingerprint density at radius 3 is 2.61 bits per heavy atom. The Kier molecular flexibility index (Phi) is 4.65. The van der Waals surface area contributed by atoms with Gasteiger partial charge in [-0.25, -0.2) is 4.98 Å². The standard InChI is InChI=1S/C22H17N5O/c1-14(12-23)18-10-17(8-9-24-18)20-13-25-15(2)22(26-20)21-11-19(27-28-21)16-6-4-3-5-7-16/h3-11,13-14H,1-2H3. The van der Waals surface area contributed by atoms with Crippen molar-refractivity contribution in [2.75, 3.05) is 0 Å². The average molecular weight is 367 g/mol. The van der Waals surface area contributed by atoms with Gasteiger partial charge in [-0.05, 0) is 26.0 Å². The Morgan fingerprint density at radius 2 is 1.82 bits per heavy atom. The molecule has 0 radical (unpaired) electrons. The maximum absolute atomic E-state index is 9.14. The van der Waals surface area contributed by atoms with Crippen LogP contribution < -0.4 is 0 Å². The highest BCUT2D eigenvalue weighted by molar-refractivity contribution is 5.68. The lowest BCUT2D eigenvalue weighted by atomic mass is 10.1. The van der Waals surface area contributed by atoms with Gasteiger partial charge in [-0.3, -0.25) is 9.97 Å². The van der Waals surface area contributed by atoms with Gasteiger partial charge in [-0.15, -0.1) is 0 Å². The Bertz CT molecular complexity index is 1160. The summed E-state index contributed by atoms with van der Waals surface area (Å²) in [5.41, 5.74) is 5.35. The van der Waals surface area contributed by atoms with Crippen molar-refractivity contribution in [3.05, 3.63) is 72.3 Å². The second kappa shape index (κ2) is 7.41. The van der Waals surface area contributed by atoms with Gasteiger partial charge in [-0.1, -0.05) is 35.5 Å². The second-order valence-electron chi connectivity index (χ2n) is 6.45. The SMILES string of the molecule is Cc1ncc(-c2ccnc(C(C)C#N)c2)nc1-c1cc(-c2ccccc2)no1. The molecule has 0 aliphatic carbocycles. The van der Waals surface area contributed by atoms with E-state index in [1.54, 1.807) is 12.4 Å². The smallest absolute Gasteiger partial charge is 0.187 e. The van der Waals surface area contributed by atoms with E-state index in [4.69, 9.17) is 14.8 Å². The fourth-order valence-corrected chi connectivity index (χ4v) is 2.86. The molecule has 4 rings (SSSR count). The lowest BCUT2D eigenvalue weighted by Crippen LogP contribution is -1.97. The monoisotopic (exact) mass is 367 g/mol. The highest BCUT2D eigenvalue weighted by Gasteiger charge is 2.15. The van der Waals surface area contributed by atoms with Gasteiger partial charge in [0.1, 0.15) is 11.4 Å². The normalized spacial score (nSPS) is 11.8. The maximum Gasteiger partial charge on any atom is 0.187 e. The number of pyridine rings is 1.